The van der Waals surface area contributed by atoms with Gasteiger partial charge in [0.05, 0.1) is 4.83 Å². The lowest BCUT2D eigenvalue weighted by atomic mass is 10.0. The van der Waals surface area contributed by atoms with E-state index in [4.69, 9.17) is 0 Å². The monoisotopic (exact) mass is 398 g/mol. The molecular formula is C17H17Br2F. The number of hydrogen-bond donors (Lipinski definition) is 0. The molecule has 0 aliphatic rings. The fraction of sp³-hybridized carbons (Fsp3) is 0.294. The van der Waals surface area contributed by atoms with Crippen molar-refractivity contribution in [1.82, 2.24) is 0 Å². The van der Waals surface area contributed by atoms with Gasteiger partial charge in [0.1, 0.15) is 5.82 Å². The Morgan fingerprint density at radius 2 is 1.80 bits per heavy atom. The maximum atomic E-state index is 14.0. The average molecular weight is 400 g/mol. The highest BCUT2D eigenvalue weighted by Crippen LogP contribution is 2.37. The van der Waals surface area contributed by atoms with Gasteiger partial charge in [0, 0.05) is 10.0 Å². The van der Waals surface area contributed by atoms with Crippen LogP contribution < -0.4 is 0 Å². The molecule has 2 aromatic carbocycles. The van der Waals surface area contributed by atoms with Crippen molar-refractivity contribution in [1.29, 1.82) is 0 Å². The summed E-state index contributed by atoms with van der Waals surface area (Å²) in [6.45, 7) is 2.19. The molecular weight excluding hydrogens is 383 g/mol. The fourth-order valence-electron chi connectivity index (χ4n) is 2.15. The van der Waals surface area contributed by atoms with E-state index in [-0.39, 0.29) is 10.6 Å². The van der Waals surface area contributed by atoms with Gasteiger partial charge in [-0.25, -0.2) is 4.39 Å². The molecule has 106 valence electrons. The van der Waals surface area contributed by atoms with Crippen LogP contribution in [0.25, 0.3) is 0 Å². The third-order valence-electron chi connectivity index (χ3n) is 3.34. The second-order valence-corrected chi connectivity index (χ2v) is 6.61. The molecule has 0 nitrogen and oxygen atoms in total. The normalized spacial score (nSPS) is 12.4. The van der Waals surface area contributed by atoms with E-state index in [2.05, 4.69) is 63.0 Å². The molecule has 20 heavy (non-hydrogen) atoms. The van der Waals surface area contributed by atoms with Crippen molar-refractivity contribution >= 4 is 31.9 Å². The predicted molar refractivity (Wildman–Crippen MR) is 89.9 cm³/mol. The Kier molecular flexibility index (Phi) is 5.79. The second-order valence-electron chi connectivity index (χ2n) is 4.84. The van der Waals surface area contributed by atoms with E-state index < -0.39 is 0 Å². The number of alkyl halides is 1. The van der Waals surface area contributed by atoms with Crippen LogP contribution in [0.4, 0.5) is 4.39 Å². The van der Waals surface area contributed by atoms with Gasteiger partial charge < -0.3 is 0 Å². The molecule has 0 radical (unpaired) electrons. The lowest BCUT2D eigenvalue weighted by Crippen LogP contribution is -1.98. The highest BCUT2D eigenvalue weighted by atomic mass is 79.9. The molecule has 0 aromatic heterocycles. The Morgan fingerprint density at radius 3 is 2.40 bits per heavy atom. The Labute approximate surface area is 136 Å². The Balaban J connectivity index is 2.23. The minimum absolute atomic E-state index is 0.140. The zero-order chi connectivity index (χ0) is 14.5. The number of unbranched alkanes of at least 4 members (excludes halogenated alkanes) is 1. The molecule has 0 N–H and O–H groups in total. The molecule has 0 bridgehead atoms. The fourth-order valence-corrected chi connectivity index (χ4v) is 3.80. The standard InChI is InChI=1S/C17H17Br2F/c1-2-3-5-12-8-10-13(11-9-12)17(19)16-14(18)6-4-7-15(16)20/h4,6-11,17H,2-3,5H2,1H3. The Hall–Kier alpha value is -0.670. The average Bonchev–Trinajstić information content (AvgIpc) is 2.45. The number of aryl methyl sites for hydroxylation is 1. The van der Waals surface area contributed by atoms with Crippen molar-refractivity contribution in [2.45, 2.75) is 31.0 Å². The number of benzene rings is 2. The van der Waals surface area contributed by atoms with Crippen LogP contribution >= 0.6 is 31.9 Å². The molecule has 3 heteroatoms. The third-order valence-corrected chi connectivity index (χ3v) is 5.02. The first-order valence-corrected chi connectivity index (χ1v) is 8.51. The van der Waals surface area contributed by atoms with Crippen LogP contribution in [0.5, 0.6) is 0 Å². The summed E-state index contributed by atoms with van der Waals surface area (Å²) in [5, 5.41) is 0. The highest BCUT2D eigenvalue weighted by Gasteiger charge is 2.17. The SMILES string of the molecule is CCCCc1ccc(C(Br)c2c(F)cccc2Br)cc1. The largest absolute Gasteiger partial charge is 0.207 e. The number of hydrogen-bond acceptors (Lipinski definition) is 0. The summed E-state index contributed by atoms with van der Waals surface area (Å²) in [4.78, 5) is -0.140. The van der Waals surface area contributed by atoms with E-state index in [9.17, 15) is 4.39 Å². The summed E-state index contributed by atoms with van der Waals surface area (Å²) in [7, 11) is 0. The first-order valence-electron chi connectivity index (χ1n) is 6.80. The summed E-state index contributed by atoms with van der Waals surface area (Å²) in [5.41, 5.74) is 3.05. The van der Waals surface area contributed by atoms with Gasteiger partial charge in [-0.3, -0.25) is 0 Å². The van der Waals surface area contributed by atoms with Crippen molar-refractivity contribution in [3.05, 3.63) is 69.4 Å². The maximum absolute atomic E-state index is 14.0. The van der Waals surface area contributed by atoms with Crippen molar-refractivity contribution in [2.24, 2.45) is 0 Å². The summed E-state index contributed by atoms with van der Waals surface area (Å²) in [5.74, 6) is -0.198. The van der Waals surface area contributed by atoms with Gasteiger partial charge in [0.2, 0.25) is 0 Å². The molecule has 0 saturated carbocycles. The lowest BCUT2D eigenvalue weighted by molar-refractivity contribution is 0.612. The zero-order valence-electron chi connectivity index (χ0n) is 11.4. The number of halogens is 3. The molecule has 0 aliphatic carbocycles. The van der Waals surface area contributed by atoms with Gasteiger partial charge >= 0.3 is 0 Å². The maximum Gasteiger partial charge on any atom is 0.129 e. The molecule has 1 atom stereocenters. The summed E-state index contributed by atoms with van der Waals surface area (Å²) in [6, 6.07) is 13.5. The quantitative estimate of drug-likeness (QED) is 0.509. The summed E-state index contributed by atoms with van der Waals surface area (Å²) < 4.78 is 14.8. The van der Waals surface area contributed by atoms with E-state index in [1.165, 1.54) is 24.5 Å². The highest BCUT2D eigenvalue weighted by molar-refractivity contribution is 9.11. The van der Waals surface area contributed by atoms with Crippen LogP contribution in [-0.2, 0) is 6.42 Å². The topological polar surface area (TPSA) is 0 Å². The molecule has 0 fully saturated rings. The van der Waals surface area contributed by atoms with Crippen LogP contribution in [0.3, 0.4) is 0 Å². The van der Waals surface area contributed by atoms with Crippen LogP contribution in [0.2, 0.25) is 0 Å². The Morgan fingerprint density at radius 1 is 1.10 bits per heavy atom. The van der Waals surface area contributed by atoms with Gasteiger partial charge in [-0.2, -0.15) is 0 Å². The molecule has 0 amide bonds. The van der Waals surface area contributed by atoms with Crippen LogP contribution in [0.1, 0.15) is 41.3 Å². The smallest absolute Gasteiger partial charge is 0.129 e. The van der Waals surface area contributed by atoms with E-state index in [0.29, 0.717) is 5.56 Å². The van der Waals surface area contributed by atoms with Gasteiger partial charge in [-0.1, -0.05) is 75.5 Å². The van der Waals surface area contributed by atoms with Gasteiger partial charge in [-0.05, 0) is 36.1 Å². The summed E-state index contributed by atoms with van der Waals surface area (Å²) >= 11 is 7.03. The van der Waals surface area contributed by atoms with Gasteiger partial charge in [0.25, 0.3) is 0 Å². The van der Waals surface area contributed by atoms with Crippen LogP contribution in [0, 0.1) is 5.82 Å². The first kappa shape index (κ1) is 15.7. The molecule has 2 rings (SSSR count). The Bertz CT molecular complexity index is 543. The molecule has 0 saturated heterocycles. The molecule has 0 heterocycles. The molecule has 0 aliphatic heterocycles. The van der Waals surface area contributed by atoms with Crippen molar-refractivity contribution in [3.63, 3.8) is 0 Å². The molecule has 0 spiro atoms. The first-order chi connectivity index (χ1) is 9.63. The zero-order valence-corrected chi connectivity index (χ0v) is 14.5. The van der Waals surface area contributed by atoms with Crippen LogP contribution in [-0.4, -0.2) is 0 Å². The van der Waals surface area contributed by atoms with E-state index >= 15 is 0 Å². The van der Waals surface area contributed by atoms with Crippen molar-refractivity contribution in [2.75, 3.05) is 0 Å². The van der Waals surface area contributed by atoms with E-state index in [0.717, 1.165) is 16.5 Å². The predicted octanol–water partition coefficient (Wildman–Crippen LogP) is 6.42. The van der Waals surface area contributed by atoms with Crippen LogP contribution in [0.15, 0.2) is 46.9 Å². The molecule has 2 aromatic rings. The number of rotatable bonds is 5. The minimum atomic E-state index is -0.198. The van der Waals surface area contributed by atoms with E-state index in [1.54, 1.807) is 6.07 Å². The third kappa shape index (κ3) is 3.70. The van der Waals surface area contributed by atoms with Gasteiger partial charge in [0.15, 0.2) is 0 Å². The minimum Gasteiger partial charge on any atom is -0.207 e. The van der Waals surface area contributed by atoms with Crippen molar-refractivity contribution < 1.29 is 4.39 Å². The second kappa shape index (κ2) is 7.37. The van der Waals surface area contributed by atoms with Crippen molar-refractivity contribution in [3.8, 4) is 0 Å². The summed E-state index contributed by atoms with van der Waals surface area (Å²) in [6.07, 6.45) is 3.51. The van der Waals surface area contributed by atoms with E-state index in [1.807, 2.05) is 6.07 Å². The lowest BCUT2D eigenvalue weighted by Gasteiger charge is -2.14. The van der Waals surface area contributed by atoms with Gasteiger partial charge in [-0.15, -0.1) is 0 Å². The molecule has 1 unspecified atom stereocenters.